The Labute approximate surface area is 116 Å². The lowest BCUT2D eigenvalue weighted by Crippen LogP contribution is -2.26. The van der Waals surface area contributed by atoms with Gasteiger partial charge >= 0.3 is 0 Å². The minimum atomic E-state index is 0.263. The molecule has 5 nitrogen and oxygen atoms in total. The van der Waals surface area contributed by atoms with Gasteiger partial charge in [0, 0.05) is 25.7 Å². The molecule has 1 rings (SSSR count). The SMILES string of the molecule is CCNc1nc(C)nc(N(C)CCOC(C)C)c1C. The standard InChI is InChI=1S/C14H26N4O/c1-7-15-13-11(4)14(17-12(5)16-13)18(6)8-9-19-10(2)3/h10H,7-9H2,1-6H3,(H,15,16,17). The molecule has 0 atom stereocenters. The number of nitrogens with zero attached hydrogens (tertiary/aromatic N) is 3. The van der Waals surface area contributed by atoms with Crippen LogP contribution in [0.5, 0.6) is 0 Å². The summed E-state index contributed by atoms with van der Waals surface area (Å²) in [4.78, 5) is 11.1. The van der Waals surface area contributed by atoms with Crippen LogP contribution in [-0.2, 0) is 4.74 Å². The monoisotopic (exact) mass is 266 g/mol. The maximum absolute atomic E-state index is 5.58. The van der Waals surface area contributed by atoms with E-state index in [4.69, 9.17) is 4.74 Å². The molecular weight excluding hydrogens is 240 g/mol. The van der Waals surface area contributed by atoms with Gasteiger partial charge in [0.05, 0.1) is 12.7 Å². The highest BCUT2D eigenvalue weighted by Crippen LogP contribution is 2.22. The van der Waals surface area contributed by atoms with E-state index in [1.165, 1.54) is 0 Å². The van der Waals surface area contributed by atoms with Crippen LogP contribution >= 0.6 is 0 Å². The summed E-state index contributed by atoms with van der Waals surface area (Å²) in [6, 6.07) is 0. The first-order valence-electron chi connectivity index (χ1n) is 6.87. The number of nitrogens with one attached hydrogen (secondary N) is 1. The number of hydrogen-bond donors (Lipinski definition) is 1. The fraction of sp³-hybridized carbons (Fsp3) is 0.714. The minimum absolute atomic E-state index is 0.263. The van der Waals surface area contributed by atoms with Crippen LogP contribution in [-0.4, -0.2) is 42.8 Å². The third kappa shape index (κ3) is 4.67. The van der Waals surface area contributed by atoms with Crippen molar-refractivity contribution in [3.8, 4) is 0 Å². The molecule has 1 aromatic heterocycles. The fourth-order valence-corrected chi connectivity index (χ4v) is 1.86. The van der Waals surface area contributed by atoms with Crippen molar-refractivity contribution in [1.29, 1.82) is 0 Å². The zero-order chi connectivity index (χ0) is 14.4. The predicted octanol–water partition coefficient (Wildman–Crippen LogP) is 2.39. The summed E-state index contributed by atoms with van der Waals surface area (Å²) in [5.41, 5.74) is 1.08. The lowest BCUT2D eigenvalue weighted by Gasteiger charge is -2.22. The Morgan fingerprint density at radius 2 is 1.95 bits per heavy atom. The first kappa shape index (κ1) is 15.7. The minimum Gasteiger partial charge on any atom is -0.377 e. The maximum atomic E-state index is 5.58. The highest BCUT2D eigenvalue weighted by atomic mass is 16.5. The second-order valence-corrected chi connectivity index (χ2v) is 4.94. The highest BCUT2D eigenvalue weighted by molar-refractivity contribution is 5.58. The van der Waals surface area contributed by atoms with Crippen LogP contribution in [0.4, 0.5) is 11.6 Å². The second-order valence-electron chi connectivity index (χ2n) is 4.94. The Morgan fingerprint density at radius 3 is 2.53 bits per heavy atom. The fourth-order valence-electron chi connectivity index (χ4n) is 1.86. The molecule has 0 fully saturated rings. The van der Waals surface area contributed by atoms with E-state index in [1.54, 1.807) is 0 Å². The number of aromatic nitrogens is 2. The third-order valence-corrected chi connectivity index (χ3v) is 2.82. The van der Waals surface area contributed by atoms with E-state index < -0.39 is 0 Å². The molecule has 0 unspecified atom stereocenters. The molecule has 0 radical (unpaired) electrons. The Bertz CT molecular complexity index is 407. The van der Waals surface area contributed by atoms with Crippen molar-refractivity contribution < 1.29 is 4.74 Å². The number of hydrogen-bond acceptors (Lipinski definition) is 5. The molecule has 0 saturated carbocycles. The smallest absolute Gasteiger partial charge is 0.137 e. The van der Waals surface area contributed by atoms with Gasteiger partial charge in [-0.3, -0.25) is 0 Å². The normalized spacial score (nSPS) is 10.9. The van der Waals surface area contributed by atoms with Gasteiger partial charge in [0.2, 0.25) is 0 Å². The van der Waals surface area contributed by atoms with Gasteiger partial charge in [0.15, 0.2) is 0 Å². The van der Waals surface area contributed by atoms with Gasteiger partial charge in [-0.2, -0.15) is 0 Å². The summed E-state index contributed by atoms with van der Waals surface area (Å²) in [5.74, 6) is 2.67. The summed E-state index contributed by atoms with van der Waals surface area (Å²) in [6.07, 6.45) is 0.263. The van der Waals surface area contributed by atoms with Crippen molar-refractivity contribution in [3.05, 3.63) is 11.4 Å². The van der Waals surface area contributed by atoms with Crippen LogP contribution in [0, 0.1) is 13.8 Å². The first-order chi connectivity index (χ1) is 8.95. The van der Waals surface area contributed by atoms with Crippen LogP contribution in [0.15, 0.2) is 0 Å². The molecule has 0 aliphatic heterocycles. The maximum Gasteiger partial charge on any atom is 0.137 e. The summed E-state index contributed by atoms with van der Waals surface area (Å²) < 4.78 is 5.58. The van der Waals surface area contributed by atoms with E-state index in [-0.39, 0.29) is 6.10 Å². The van der Waals surface area contributed by atoms with Crippen molar-refractivity contribution in [1.82, 2.24) is 9.97 Å². The molecule has 0 aromatic carbocycles. The van der Waals surface area contributed by atoms with Gasteiger partial charge in [-0.1, -0.05) is 0 Å². The average molecular weight is 266 g/mol. The Hall–Kier alpha value is -1.36. The van der Waals surface area contributed by atoms with Crippen LogP contribution in [0.2, 0.25) is 0 Å². The van der Waals surface area contributed by atoms with Gasteiger partial charge in [-0.15, -0.1) is 0 Å². The zero-order valence-corrected chi connectivity index (χ0v) is 12.9. The van der Waals surface area contributed by atoms with Crippen molar-refractivity contribution in [2.75, 3.05) is 37.0 Å². The largest absolute Gasteiger partial charge is 0.377 e. The van der Waals surface area contributed by atoms with Crippen molar-refractivity contribution in [2.24, 2.45) is 0 Å². The van der Waals surface area contributed by atoms with Gasteiger partial charge in [0.1, 0.15) is 17.5 Å². The van der Waals surface area contributed by atoms with Crippen molar-refractivity contribution >= 4 is 11.6 Å². The molecule has 108 valence electrons. The number of likely N-dealkylation sites (N-methyl/N-ethyl adjacent to an activating group) is 1. The lowest BCUT2D eigenvalue weighted by atomic mass is 10.3. The van der Waals surface area contributed by atoms with Crippen molar-refractivity contribution in [2.45, 2.75) is 40.7 Å². The second kappa shape index (κ2) is 7.28. The van der Waals surface area contributed by atoms with E-state index >= 15 is 0 Å². The van der Waals surface area contributed by atoms with Crippen LogP contribution in [0.3, 0.4) is 0 Å². The van der Waals surface area contributed by atoms with E-state index in [0.717, 1.165) is 36.1 Å². The van der Waals surface area contributed by atoms with E-state index in [0.29, 0.717) is 6.61 Å². The summed E-state index contributed by atoms with van der Waals surface area (Å²) in [7, 11) is 2.04. The van der Waals surface area contributed by atoms with Gasteiger partial charge < -0.3 is 15.0 Å². The molecule has 1 heterocycles. The molecule has 1 N–H and O–H groups in total. The number of anilines is 2. The van der Waals surface area contributed by atoms with Crippen LogP contribution in [0.1, 0.15) is 32.2 Å². The number of aryl methyl sites for hydroxylation is 1. The Kier molecular flexibility index (Phi) is 6.02. The van der Waals surface area contributed by atoms with Gasteiger partial charge in [0.25, 0.3) is 0 Å². The third-order valence-electron chi connectivity index (χ3n) is 2.82. The average Bonchev–Trinajstić information content (AvgIpc) is 2.33. The molecule has 0 aliphatic rings. The molecular formula is C14H26N4O. The zero-order valence-electron chi connectivity index (χ0n) is 12.9. The van der Waals surface area contributed by atoms with E-state index in [9.17, 15) is 0 Å². The number of rotatable bonds is 7. The molecule has 5 heteroatoms. The van der Waals surface area contributed by atoms with Gasteiger partial charge in [-0.25, -0.2) is 9.97 Å². The van der Waals surface area contributed by atoms with Crippen LogP contribution < -0.4 is 10.2 Å². The first-order valence-corrected chi connectivity index (χ1v) is 6.87. The Balaban J connectivity index is 2.80. The molecule has 0 amide bonds. The van der Waals surface area contributed by atoms with Crippen LogP contribution in [0.25, 0.3) is 0 Å². The molecule has 0 spiro atoms. The quantitative estimate of drug-likeness (QED) is 0.821. The summed E-state index contributed by atoms with van der Waals surface area (Å²) in [5, 5.41) is 3.28. The molecule has 0 saturated heterocycles. The molecule has 0 aliphatic carbocycles. The number of ether oxygens (including phenoxy) is 1. The van der Waals surface area contributed by atoms with Gasteiger partial charge in [-0.05, 0) is 34.6 Å². The van der Waals surface area contributed by atoms with E-state index in [2.05, 4.69) is 27.1 Å². The summed E-state index contributed by atoms with van der Waals surface area (Å²) >= 11 is 0. The highest BCUT2D eigenvalue weighted by Gasteiger charge is 2.12. The predicted molar refractivity (Wildman–Crippen MR) is 80.0 cm³/mol. The Morgan fingerprint density at radius 1 is 1.26 bits per heavy atom. The summed E-state index contributed by atoms with van der Waals surface area (Å²) in [6.45, 7) is 12.5. The topological polar surface area (TPSA) is 50.3 Å². The molecule has 19 heavy (non-hydrogen) atoms. The van der Waals surface area contributed by atoms with Crippen molar-refractivity contribution in [3.63, 3.8) is 0 Å². The molecule has 0 bridgehead atoms. The lowest BCUT2D eigenvalue weighted by molar-refractivity contribution is 0.0845. The van der Waals surface area contributed by atoms with E-state index in [1.807, 2.05) is 34.7 Å². The molecule has 1 aromatic rings.